The summed E-state index contributed by atoms with van der Waals surface area (Å²) in [7, 11) is 3.91. The van der Waals surface area contributed by atoms with Gasteiger partial charge in [-0.25, -0.2) is 4.98 Å². The third-order valence-corrected chi connectivity index (χ3v) is 6.07. The number of aromatic nitrogens is 2. The zero-order chi connectivity index (χ0) is 18.1. The average molecular weight is 380 g/mol. The van der Waals surface area contributed by atoms with E-state index in [0.717, 1.165) is 30.8 Å². The average Bonchev–Trinajstić information content (AvgIpc) is 3.28. The van der Waals surface area contributed by atoms with E-state index < -0.39 is 0 Å². The number of rotatable bonds is 4. The minimum Gasteiger partial charge on any atom is -0.378 e. The van der Waals surface area contributed by atoms with Crippen LogP contribution in [0.15, 0.2) is 54.9 Å². The van der Waals surface area contributed by atoms with Crippen molar-refractivity contribution in [1.82, 2.24) is 9.97 Å². The van der Waals surface area contributed by atoms with Crippen LogP contribution in [0.3, 0.4) is 0 Å². The maximum Gasteiger partial charge on any atom is 0.256 e. The number of hydrogen-bond acceptors (Lipinski definition) is 6. The highest BCUT2D eigenvalue weighted by Crippen LogP contribution is 2.36. The van der Waals surface area contributed by atoms with Crippen LogP contribution in [-0.4, -0.2) is 30.0 Å². The molecule has 1 N–H and O–H groups in total. The van der Waals surface area contributed by atoms with Crippen molar-refractivity contribution in [2.24, 2.45) is 0 Å². The van der Waals surface area contributed by atoms with E-state index in [1.807, 2.05) is 61.5 Å². The normalized spacial score (nSPS) is 10.8. The van der Waals surface area contributed by atoms with Gasteiger partial charge in [-0.3, -0.25) is 9.78 Å². The van der Waals surface area contributed by atoms with Crippen LogP contribution in [0, 0.1) is 0 Å². The Morgan fingerprint density at radius 2 is 2.00 bits per heavy atom. The summed E-state index contributed by atoms with van der Waals surface area (Å²) in [4.78, 5) is 24.3. The molecule has 0 aliphatic heterocycles. The molecule has 0 unspecified atom stereocenters. The lowest BCUT2D eigenvalue weighted by Crippen LogP contribution is -2.13. The second-order valence-electron chi connectivity index (χ2n) is 5.93. The summed E-state index contributed by atoms with van der Waals surface area (Å²) in [6, 6.07) is 13.4. The molecule has 26 heavy (non-hydrogen) atoms. The number of carbonyl (C=O) groups is 1. The molecular formula is C19H16N4OS2. The first-order valence-electron chi connectivity index (χ1n) is 8.00. The maximum absolute atomic E-state index is 12.5. The number of thiophene rings is 1. The summed E-state index contributed by atoms with van der Waals surface area (Å²) in [6.07, 6.45) is 3.54. The molecular weight excluding hydrogens is 364 g/mol. The molecule has 0 saturated carbocycles. The lowest BCUT2D eigenvalue weighted by atomic mass is 10.2. The smallest absolute Gasteiger partial charge is 0.256 e. The van der Waals surface area contributed by atoms with Crippen molar-refractivity contribution >= 4 is 49.5 Å². The molecule has 130 valence electrons. The van der Waals surface area contributed by atoms with Gasteiger partial charge in [-0.2, -0.15) is 0 Å². The van der Waals surface area contributed by atoms with Gasteiger partial charge < -0.3 is 10.2 Å². The minimum atomic E-state index is -0.115. The molecule has 0 fully saturated rings. The molecule has 1 amide bonds. The van der Waals surface area contributed by atoms with E-state index in [0.29, 0.717) is 5.56 Å². The van der Waals surface area contributed by atoms with Gasteiger partial charge >= 0.3 is 0 Å². The van der Waals surface area contributed by atoms with Crippen molar-refractivity contribution in [1.29, 1.82) is 0 Å². The largest absolute Gasteiger partial charge is 0.378 e. The van der Waals surface area contributed by atoms with Crippen LogP contribution in [0.5, 0.6) is 0 Å². The Morgan fingerprint density at radius 1 is 1.12 bits per heavy atom. The molecule has 7 heteroatoms. The lowest BCUT2D eigenvalue weighted by Gasteiger charge is -2.13. The number of nitrogens with zero attached hydrogens (tertiary/aromatic N) is 3. The van der Waals surface area contributed by atoms with Crippen LogP contribution >= 0.6 is 22.7 Å². The molecule has 0 bridgehead atoms. The molecule has 0 aliphatic carbocycles. The fraction of sp³-hybridized carbons (Fsp3) is 0.105. The van der Waals surface area contributed by atoms with E-state index in [1.165, 1.54) is 11.3 Å². The van der Waals surface area contributed by atoms with Gasteiger partial charge in [0.1, 0.15) is 10.5 Å². The van der Waals surface area contributed by atoms with Crippen molar-refractivity contribution in [3.05, 3.63) is 60.4 Å². The Kier molecular flexibility index (Phi) is 4.40. The van der Waals surface area contributed by atoms with Gasteiger partial charge in [0.25, 0.3) is 5.91 Å². The molecule has 3 heterocycles. The highest BCUT2D eigenvalue weighted by atomic mass is 32.1. The number of anilines is 2. The second kappa shape index (κ2) is 6.86. The second-order valence-corrected chi connectivity index (χ2v) is 8.04. The summed E-state index contributed by atoms with van der Waals surface area (Å²) in [6.45, 7) is 0. The van der Waals surface area contributed by atoms with Gasteiger partial charge in [0, 0.05) is 31.5 Å². The molecule has 0 spiro atoms. The summed E-state index contributed by atoms with van der Waals surface area (Å²) < 4.78 is 1.11. The highest BCUT2D eigenvalue weighted by molar-refractivity contribution is 7.26. The third kappa shape index (κ3) is 3.31. The number of carbonyl (C=O) groups excluding carboxylic acids is 1. The van der Waals surface area contributed by atoms with E-state index in [4.69, 9.17) is 0 Å². The summed E-state index contributed by atoms with van der Waals surface area (Å²) in [5, 5.41) is 4.72. The van der Waals surface area contributed by atoms with Gasteiger partial charge in [-0.1, -0.05) is 6.07 Å². The number of hydrogen-bond donors (Lipinski definition) is 1. The molecule has 0 aliphatic rings. The number of benzene rings is 1. The number of amides is 1. The van der Waals surface area contributed by atoms with Crippen LogP contribution < -0.4 is 10.2 Å². The number of thiazole rings is 1. The van der Waals surface area contributed by atoms with Crippen LogP contribution in [0.2, 0.25) is 0 Å². The topological polar surface area (TPSA) is 58.1 Å². The zero-order valence-corrected chi connectivity index (χ0v) is 15.9. The van der Waals surface area contributed by atoms with Crippen molar-refractivity contribution in [3.8, 4) is 9.88 Å². The van der Waals surface area contributed by atoms with Crippen molar-refractivity contribution in [3.63, 3.8) is 0 Å². The van der Waals surface area contributed by atoms with Gasteiger partial charge in [0.05, 0.1) is 20.8 Å². The number of pyridine rings is 1. The van der Waals surface area contributed by atoms with E-state index in [9.17, 15) is 4.79 Å². The van der Waals surface area contributed by atoms with Gasteiger partial charge in [-0.15, -0.1) is 22.7 Å². The maximum atomic E-state index is 12.5. The Labute approximate surface area is 159 Å². The predicted octanol–water partition coefficient (Wildman–Crippen LogP) is 4.74. The third-order valence-electron chi connectivity index (χ3n) is 3.87. The van der Waals surface area contributed by atoms with Crippen LogP contribution in [0.25, 0.3) is 20.1 Å². The summed E-state index contributed by atoms with van der Waals surface area (Å²) in [5.41, 5.74) is 2.52. The lowest BCUT2D eigenvalue weighted by molar-refractivity contribution is 0.102. The van der Waals surface area contributed by atoms with E-state index >= 15 is 0 Å². The molecule has 3 aromatic heterocycles. The molecule has 1 aromatic carbocycles. The Bertz CT molecular complexity index is 1050. The minimum absolute atomic E-state index is 0.115. The fourth-order valence-electron chi connectivity index (χ4n) is 2.51. The van der Waals surface area contributed by atoms with E-state index in [-0.39, 0.29) is 5.91 Å². The van der Waals surface area contributed by atoms with Crippen LogP contribution in [-0.2, 0) is 0 Å². The molecule has 0 radical (unpaired) electrons. The van der Waals surface area contributed by atoms with E-state index in [2.05, 4.69) is 15.3 Å². The van der Waals surface area contributed by atoms with Crippen molar-refractivity contribution in [2.45, 2.75) is 0 Å². The summed E-state index contributed by atoms with van der Waals surface area (Å²) in [5.74, 6) is -0.115. The zero-order valence-electron chi connectivity index (χ0n) is 14.3. The molecule has 0 atom stereocenters. The number of nitrogens with one attached hydrogen (secondary N) is 1. The first-order valence-corrected chi connectivity index (χ1v) is 9.63. The number of fused-ring (bicyclic) bond motifs is 1. The van der Waals surface area contributed by atoms with Crippen LogP contribution in [0.1, 0.15) is 10.4 Å². The Hall–Kier alpha value is -2.77. The first-order chi connectivity index (χ1) is 12.6. The standard InChI is InChI=1S/C19H16N4OS2/c1-23(2)13-5-3-4-12(10-13)18(24)22-17-7-6-16(25-17)19-21-14-11-20-9-8-15(14)26-19/h3-11H,1-2H3,(H,22,24). The molecule has 4 rings (SSSR count). The first kappa shape index (κ1) is 16.7. The molecule has 0 saturated heterocycles. The van der Waals surface area contributed by atoms with Gasteiger partial charge in [-0.05, 0) is 36.4 Å². The highest BCUT2D eigenvalue weighted by Gasteiger charge is 2.12. The van der Waals surface area contributed by atoms with Crippen LogP contribution in [0.4, 0.5) is 10.7 Å². The SMILES string of the molecule is CN(C)c1cccc(C(=O)Nc2ccc(-c3nc4cnccc4s3)s2)c1. The Balaban J connectivity index is 1.54. The predicted molar refractivity (Wildman–Crippen MR) is 109 cm³/mol. The molecule has 4 aromatic rings. The van der Waals surface area contributed by atoms with Gasteiger partial charge in [0.15, 0.2) is 0 Å². The Morgan fingerprint density at radius 3 is 2.81 bits per heavy atom. The quantitative estimate of drug-likeness (QED) is 0.556. The fourth-order valence-corrected chi connectivity index (χ4v) is 4.40. The van der Waals surface area contributed by atoms with Crippen molar-refractivity contribution < 1.29 is 4.79 Å². The van der Waals surface area contributed by atoms with Crippen molar-refractivity contribution in [2.75, 3.05) is 24.3 Å². The summed E-state index contributed by atoms with van der Waals surface area (Å²) >= 11 is 3.15. The van der Waals surface area contributed by atoms with E-state index in [1.54, 1.807) is 23.7 Å². The monoisotopic (exact) mass is 380 g/mol. The van der Waals surface area contributed by atoms with Gasteiger partial charge in [0.2, 0.25) is 0 Å². The molecule has 5 nitrogen and oxygen atoms in total.